The normalized spacial score (nSPS) is 12.9. The predicted octanol–water partition coefficient (Wildman–Crippen LogP) is 2.50. The molecular formula is C17H15N3O4. The summed E-state index contributed by atoms with van der Waals surface area (Å²) < 4.78 is 0. The van der Waals surface area contributed by atoms with Gasteiger partial charge >= 0.3 is 0 Å². The highest BCUT2D eigenvalue weighted by atomic mass is 16.6. The molecular weight excluding hydrogens is 310 g/mol. The molecule has 0 saturated heterocycles. The number of aryl methyl sites for hydroxylation is 1. The fourth-order valence-electron chi connectivity index (χ4n) is 2.66. The summed E-state index contributed by atoms with van der Waals surface area (Å²) in [5.41, 5.74) is 2.49. The van der Waals surface area contributed by atoms with Crippen LogP contribution in [0, 0.1) is 17.0 Å². The number of hydrogen-bond acceptors (Lipinski definition) is 4. The van der Waals surface area contributed by atoms with Crippen LogP contribution >= 0.6 is 0 Å². The van der Waals surface area contributed by atoms with Crippen LogP contribution in [-0.4, -0.2) is 28.2 Å². The van der Waals surface area contributed by atoms with E-state index in [0.29, 0.717) is 23.4 Å². The number of nitro groups is 1. The van der Waals surface area contributed by atoms with Crippen LogP contribution in [0.3, 0.4) is 0 Å². The van der Waals surface area contributed by atoms with Crippen molar-refractivity contribution in [3.8, 4) is 0 Å². The van der Waals surface area contributed by atoms with Gasteiger partial charge in [-0.25, -0.2) is 0 Å². The number of hydrogen-bond donors (Lipinski definition) is 1. The Morgan fingerprint density at radius 2 is 2.04 bits per heavy atom. The summed E-state index contributed by atoms with van der Waals surface area (Å²) in [6.07, 6.45) is 0. The van der Waals surface area contributed by atoms with Crippen LogP contribution in [0.1, 0.15) is 21.5 Å². The van der Waals surface area contributed by atoms with Gasteiger partial charge in [-0.1, -0.05) is 24.3 Å². The molecule has 122 valence electrons. The summed E-state index contributed by atoms with van der Waals surface area (Å²) in [4.78, 5) is 36.2. The molecule has 0 bridgehead atoms. The van der Waals surface area contributed by atoms with E-state index in [1.54, 1.807) is 25.1 Å². The molecule has 0 radical (unpaired) electrons. The van der Waals surface area contributed by atoms with Gasteiger partial charge in [0.2, 0.25) is 5.91 Å². The van der Waals surface area contributed by atoms with Crippen molar-refractivity contribution in [1.82, 2.24) is 4.90 Å². The van der Waals surface area contributed by atoms with Gasteiger partial charge in [0.05, 0.1) is 10.6 Å². The lowest BCUT2D eigenvalue weighted by molar-refractivity contribution is -0.384. The second-order valence-electron chi connectivity index (χ2n) is 5.62. The van der Waals surface area contributed by atoms with Gasteiger partial charge in [0, 0.05) is 24.2 Å². The Balaban J connectivity index is 1.70. The molecule has 0 atom stereocenters. The van der Waals surface area contributed by atoms with Crippen LogP contribution in [0.15, 0.2) is 42.5 Å². The van der Waals surface area contributed by atoms with Crippen molar-refractivity contribution in [2.24, 2.45) is 0 Å². The average molecular weight is 325 g/mol. The summed E-state index contributed by atoms with van der Waals surface area (Å²) in [6, 6.07) is 11.5. The molecule has 2 aromatic carbocycles. The van der Waals surface area contributed by atoms with E-state index in [1.165, 1.54) is 17.0 Å². The maximum absolute atomic E-state index is 12.3. The molecule has 3 rings (SSSR count). The first-order valence-corrected chi connectivity index (χ1v) is 7.38. The Labute approximate surface area is 138 Å². The first kappa shape index (κ1) is 15.7. The second-order valence-corrected chi connectivity index (χ2v) is 5.62. The SMILES string of the molecule is Cc1ccc([N+](=O)[O-])cc1NC(=O)CN1Cc2ccccc2C1=O. The molecule has 0 aliphatic carbocycles. The third-order valence-electron chi connectivity index (χ3n) is 3.94. The van der Waals surface area contributed by atoms with E-state index in [2.05, 4.69) is 5.32 Å². The van der Waals surface area contributed by atoms with Gasteiger partial charge in [-0.2, -0.15) is 0 Å². The minimum absolute atomic E-state index is 0.0967. The number of non-ortho nitro benzene ring substituents is 1. The molecule has 1 aliphatic rings. The number of nitrogens with one attached hydrogen (secondary N) is 1. The number of carbonyl (C=O) groups is 2. The Morgan fingerprint density at radius 3 is 2.75 bits per heavy atom. The second kappa shape index (κ2) is 6.11. The Hall–Kier alpha value is -3.22. The molecule has 1 heterocycles. The summed E-state index contributed by atoms with van der Waals surface area (Å²) >= 11 is 0. The van der Waals surface area contributed by atoms with Gasteiger partial charge < -0.3 is 10.2 Å². The maximum atomic E-state index is 12.3. The fourth-order valence-corrected chi connectivity index (χ4v) is 2.66. The summed E-state index contributed by atoms with van der Waals surface area (Å²) in [6.45, 7) is 2.03. The van der Waals surface area contributed by atoms with E-state index in [-0.39, 0.29) is 24.0 Å². The highest BCUT2D eigenvalue weighted by Gasteiger charge is 2.28. The van der Waals surface area contributed by atoms with Crippen LogP contribution in [0.4, 0.5) is 11.4 Å². The van der Waals surface area contributed by atoms with E-state index in [4.69, 9.17) is 0 Å². The van der Waals surface area contributed by atoms with E-state index < -0.39 is 4.92 Å². The smallest absolute Gasteiger partial charge is 0.271 e. The van der Waals surface area contributed by atoms with Gasteiger partial charge in [0.1, 0.15) is 6.54 Å². The Morgan fingerprint density at radius 1 is 1.29 bits per heavy atom. The van der Waals surface area contributed by atoms with E-state index in [1.807, 2.05) is 12.1 Å². The number of anilines is 1. The van der Waals surface area contributed by atoms with Crippen molar-refractivity contribution in [1.29, 1.82) is 0 Å². The number of nitro benzene ring substituents is 1. The first-order chi connectivity index (χ1) is 11.5. The summed E-state index contributed by atoms with van der Waals surface area (Å²) in [5, 5.41) is 13.5. The molecule has 2 aromatic rings. The minimum atomic E-state index is -0.518. The zero-order chi connectivity index (χ0) is 17.3. The van der Waals surface area contributed by atoms with Crippen LogP contribution in [-0.2, 0) is 11.3 Å². The van der Waals surface area contributed by atoms with Crippen LogP contribution in [0.25, 0.3) is 0 Å². The number of rotatable bonds is 4. The molecule has 24 heavy (non-hydrogen) atoms. The van der Waals surface area contributed by atoms with Crippen molar-refractivity contribution in [3.05, 3.63) is 69.3 Å². The molecule has 0 spiro atoms. The monoisotopic (exact) mass is 325 g/mol. The molecule has 0 unspecified atom stereocenters. The molecule has 0 aromatic heterocycles. The van der Waals surface area contributed by atoms with Gasteiger partial charge in [0.25, 0.3) is 11.6 Å². The van der Waals surface area contributed by atoms with Crippen LogP contribution in [0.5, 0.6) is 0 Å². The van der Waals surface area contributed by atoms with Crippen LogP contribution in [0.2, 0.25) is 0 Å². The number of amides is 2. The number of benzene rings is 2. The van der Waals surface area contributed by atoms with Crippen molar-refractivity contribution in [3.63, 3.8) is 0 Å². The average Bonchev–Trinajstić information content (AvgIpc) is 2.86. The molecule has 7 heteroatoms. The maximum Gasteiger partial charge on any atom is 0.271 e. The third-order valence-corrected chi connectivity index (χ3v) is 3.94. The Kier molecular flexibility index (Phi) is 3.99. The lowest BCUT2D eigenvalue weighted by Crippen LogP contribution is -2.33. The van der Waals surface area contributed by atoms with Crippen molar-refractivity contribution in [2.75, 3.05) is 11.9 Å². The molecule has 7 nitrogen and oxygen atoms in total. The van der Waals surface area contributed by atoms with E-state index >= 15 is 0 Å². The van der Waals surface area contributed by atoms with Crippen LogP contribution < -0.4 is 5.32 Å². The lowest BCUT2D eigenvalue weighted by Gasteiger charge is -2.16. The summed E-state index contributed by atoms with van der Waals surface area (Å²) in [7, 11) is 0. The first-order valence-electron chi connectivity index (χ1n) is 7.38. The molecule has 0 saturated carbocycles. The number of carbonyl (C=O) groups excluding carboxylic acids is 2. The number of fused-ring (bicyclic) bond motifs is 1. The van der Waals surface area contributed by atoms with Gasteiger partial charge in [-0.05, 0) is 24.1 Å². The number of nitrogens with zero attached hydrogens (tertiary/aromatic N) is 2. The van der Waals surface area contributed by atoms with E-state index in [9.17, 15) is 19.7 Å². The quantitative estimate of drug-likeness (QED) is 0.690. The summed E-state index contributed by atoms with van der Waals surface area (Å²) in [5.74, 6) is -0.573. The van der Waals surface area contributed by atoms with Crippen molar-refractivity contribution < 1.29 is 14.5 Å². The zero-order valence-electron chi connectivity index (χ0n) is 13.0. The van der Waals surface area contributed by atoms with Gasteiger partial charge in [-0.15, -0.1) is 0 Å². The minimum Gasteiger partial charge on any atom is -0.325 e. The van der Waals surface area contributed by atoms with Crippen molar-refractivity contribution >= 4 is 23.2 Å². The highest BCUT2D eigenvalue weighted by molar-refractivity contribution is 6.02. The molecule has 2 amide bonds. The molecule has 1 N–H and O–H groups in total. The molecule has 0 fully saturated rings. The topological polar surface area (TPSA) is 92.6 Å². The van der Waals surface area contributed by atoms with Gasteiger partial charge in [0.15, 0.2) is 0 Å². The lowest BCUT2D eigenvalue weighted by atomic mass is 10.1. The van der Waals surface area contributed by atoms with Gasteiger partial charge in [-0.3, -0.25) is 19.7 Å². The van der Waals surface area contributed by atoms with Crippen molar-refractivity contribution in [2.45, 2.75) is 13.5 Å². The Bertz CT molecular complexity index is 847. The third kappa shape index (κ3) is 2.96. The highest BCUT2D eigenvalue weighted by Crippen LogP contribution is 2.24. The standard InChI is InChI=1S/C17H15N3O4/c1-11-6-7-13(20(23)24)8-15(11)18-16(21)10-19-9-12-4-2-3-5-14(12)17(19)22/h2-8H,9-10H2,1H3,(H,18,21). The largest absolute Gasteiger partial charge is 0.325 e. The predicted molar refractivity (Wildman–Crippen MR) is 87.6 cm³/mol. The fraction of sp³-hybridized carbons (Fsp3) is 0.176. The van der Waals surface area contributed by atoms with E-state index in [0.717, 1.165) is 5.56 Å². The molecule has 1 aliphatic heterocycles. The zero-order valence-corrected chi connectivity index (χ0v) is 13.0.